The fraction of sp³-hybridized carbons (Fsp3) is 0.368. The zero-order chi connectivity index (χ0) is 19.9. The van der Waals surface area contributed by atoms with Gasteiger partial charge in [-0.05, 0) is 37.1 Å². The van der Waals surface area contributed by atoms with Gasteiger partial charge in [0.25, 0.3) is 0 Å². The molecule has 0 unspecified atom stereocenters. The van der Waals surface area contributed by atoms with E-state index in [1.165, 1.54) is 34.8 Å². The molecular weight excluding hydrogens is 399 g/mol. The van der Waals surface area contributed by atoms with Crippen molar-refractivity contribution < 1.29 is 13.9 Å². The second kappa shape index (κ2) is 9.70. The lowest BCUT2D eigenvalue weighted by molar-refractivity contribution is -0.115. The fourth-order valence-corrected chi connectivity index (χ4v) is 4.32. The molecule has 1 amide bonds. The van der Waals surface area contributed by atoms with Crippen molar-refractivity contribution in [2.24, 2.45) is 0 Å². The van der Waals surface area contributed by atoms with E-state index in [1.807, 2.05) is 5.38 Å². The summed E-state index contributed by atoms with van der Waals surface area (Å²) in [6.07, 6.45) is 2.16. The Hall–Kier alpha value is -2.39. The number of thiazole rings is 1. The second-order valence-corrected chi connectivity index (χ2v) is 8.11. The Kier molecular flexibility index (Phi) is 7.05. The lowest BCUT2D eigenvalue weighted by Gasteiger charge is -2.05. The summed E-state index contributed by atoms with van der Waals surface area (Å²) in [5.41, 5.74) is 0.671. The molecule has 0 saturated heterocycles. The number of nitrogens with one attached hydrogen (secondary N) is 1. The summed E-state index contributed by atoms with van der Waals surface area (Å²) in [4.78, 5) is 16.7. The van der Waals surface area contributed by atoms with E-state index in [1.54, 1.807) is 12.1 Å². The topological polar surface area (TPSA) is 77.0 Å². The van der Waals surface area contributed by atoms with Crippen LogP contribution in [0.2, 0.25) is 0 Å². The SMILES string of the molecule is CCC(CC)c1nnc(NC(=O)Cc2csc(COc3ccc(F)cc3)n2)s1. The van der Waals surface area contributed by atoms with E-state index in [4.69, 9.17) is 4.74 Å². The molecule has 1 aromatic carbocycles. The Bertz CT molecular complexity index is 907. The minimum Gasteiger partial charge on any atom is -0.486 e. The number of hydrogen-bond donors (Lipinski definition) is 1. The van der Waals surface area contributed by atoms with Crippen molar-refractivity contribution in [3.8, 4) is 5.75 Å². The maximum Gasteiger partial charge on any atom is 0.232 e. The van der Waals surface area contributed by atoms with E-state index in [0.717, 1.165) is 22.9 Å². The number of amides is 1. The summed E-state index contributed by atoms with van der Waals surface area (Å²) in [5.74, 6) is 0.465. The van der Waals surface area contributed by atoms with Gasteiger partial charge in [0.2, 0.25) is 11.0 Å². The van der Waals surface area contributed by atoms with Crippen molar-refractivity contribution in [2.75, 3.05) is 5.32 Å². The summed E-state index contributed by atoms with van der Waals surface area (Å²) >= 11 is 2.84. The first-order chi connectivity index (χ1) is 13.6. The molecule has 2 aromatic heterocycles. The van der Waals surface area contributed by atoms with E-state index >= 15 is 0 Å². The average Bonchev–Trinajstić information content (AvgIpc) is 3.32. The maximum atomic E-state index is 12.9. The average molecular weight is 421 g/mol. The van der Waals surface area contributed by atoms with Gasteiger partial charge in [-0.3, -0.25) is 4.79 Å². The van der Waals surface area contributed by atoms with Crippen LogP contribution in [-0.2, 0) is 17.8 Å². The van der Waals surface area contributed by atoms with Crippen molar-refractivity contribution in [3.63, 3.8) is 0 Å². The van der Waals surface area contributed by atoms with Gasteiger partial charge in [0, 0.05) is 11.3 Å². The van der Waals surface area contributed by atoms with E-state index in [9.17, 15) is 9.18 Å². The Morgan fingerprint density at radius 1 is 1.21 bits per heavy atom. The minimum atomic E-state index is -0.308. The van der Waals surface area contributed by atoms with Crippen LogP contribution in [0.4, 0.5) is 9.52 Å². The molecule has 9 heteroatoms. The Balaban J connectivity index is 1.50. The molecule has 0 bridgehead atoms. The van der Waals surface area contributed by atoms with Crippen LogP contribution in [-0.4, -0.2) is 21.1 Å². The largest absolute Gasteiger partial charge is 0.486 e. The van der Waals surface area contributed by atoms with E-state index in [-0.39, 0.29) is 24.8 Å². The fourth-order valence-electron chi connectivity index (χ4n) is 2.59. The molecule has 3 aromatic rings. The van der Waals surface area contributed by atoms with Crippen LogP contribution in [0, 0.1) is 5.82 Å². The van der Waals surface area contributed by atoms with Crippen molar-refractivity contribution >= 4 is 33.7 Å². The molecule has 3 rings (SSSR count). The molecule has 0 radical (unpaired) electrons. The van der Waals surface area contributed by atoms with Gasteiger partial charge >= 0.3 is 0 Å². The summed E-state index contributed by atoms with van der Waals surface area (Å²) in [7, 11) is 0. The molecular formula is C19H21FN4O2S2. The lowest BCUT2D eigenvalue weighted by atomic mass is 10.1. The van der Waals surface area contributed by atoms with Crippen LogP contribution in [0.1, 0.15) is 48.3 Å². The van der Waals surface area contributed by atoms with Crippen molar-refractivity contribution in [2.45, 2.75) is 45.6 Å². The van der Waals surface area contributed by atoms with Gasteiger partial charge in [-0.25, -0.2) is 9.37 Å². The zero-order valence-electron chi connectivity index (χ0n) is 15.6. The summed E-state index contributed by atoms with van der Waals surface area (Å²) in [6, 6.07) is 5.81. The Morgan fingerprint density at radius 2 is 1.96 bits per heavy atom. The first kappa shape index (κ1) is 20.3. The van der Waals surface area contributed by atoms with E-state index < -0.39 is 0 Å². The summed E-state index contributed by atoms with van der Waals surface area (Å²) in [6.45, 7) is 4.51. The van der Waals surface area contributed by atoms with Crippen LogP contribution in [0.25, 0.3) is 0 Å². The molecule has 0 aliphatic rings. The molecule has 0 saturated carbocycles. The highest BCUT2D eigenvalue weighted by molar-refractivity contribution is 7.15. The molecule has 6 nitrogen and oxygen atoms in total. The van der Waals surface area contributed by atoms with Gasteiger partial charge in [0.15, 0.2) is 0 Å². The van der Waals surface area contributed by atoms with Crippen LogP contribution in [0.3, 0.4) is 0 Å². The first-order valence-electron chi connectivity index (χ1n) is 9.02. The maximum absolute atomic E-state index is 12.9. The Morgan fingerprint density at radius 3 is 2.68 bits per heavy atom. The van der Waals surface area contributed by atoms with Crippen molar-refractivity contribution in [1.29, 1.82) is 0 Å². The molecule has 28 heavy (non-hydrogen) atoms. The zero-order valence-corrected chi connectivity index (χ0v) is 17.3. The predicted molar refractivity (Wildman–Crippen MR) is 108 cm³/mol. The third-order valence-corrected chi connectivity index (χ3v) is 6.01. The van der Waals surface area contributed by atoms with Crippen LogP contribution in [0.15, 0.2) is 29.6 Å². The molecule has 1 N–H and O–H groups in total. The van der Waals surface area contributed by atoms with Gasteiger partial charge in [-0.15, -0.1) is 21.5 Å². The molecule has 0 aliphatic carbocycles. The highest BCUT2D eigenvalue weighted by Gasteiger charge is 2.15. The summed E-state index contributed by atoms with van der Waals surface area (Å²) in [5, 5.41) is 15.1. The predicted octanol–water partition coefficient (Wildman–Crippen LogP) is 4.80. The quantitative estimate of drug-likeness (QED) is 0.538. The Labute approximate surface area is 170 Å². The van der Waals surface area contributed by atoms with Gasteiger partial charge in [-0.1, -0.05) is 25.2 Å². The number of ether oxygens (including phenoxy) is 1. The van der Waals surface area contributed by atoms with Crippen molar-refractivity contribution in [1.82, 2.24) is 15.2 Å². The number of halogens is 1. The number of aromatic nitrogens is 3. The molecule has 0 fully saturated rings. The monoisotopic (exact) mass is 420 g/mol. The molecule has 2 heterocycles. The van der Waals surface area contributed by atoms with Crippen LogP contribution < -0.4 is 10.1 Å². The number of anilines is 1. The molecule has 0 atom stereocenters. The van der Waals surface area contributed by atoms with Gasteiger partial charge in [-0.2, -0.15) is 0 Å². The highest BCUT2D eigenvalue weighted by Crippen LogP contribution is 2.28. The third-order valence-electron chi connectivity index (χ3n) is 4.14. The van der Waals surface area contributed by atoms with Gasteiger partial charge < -0.3 is 10.1 Å². The van der Waals surface area contributed by atoms with Gasteiger partial charge in [0.1, 0.15) is 28.2 Å². The van der Waals surface area contributed by atoms with Crippen molar-refractivity contribution in [3.05, 3.63) is 51.2 Å². The number of carbonyl (C=O) groups excluding carboxylic acids is 1. The minimum absolute atomic E-state index is 0.160. The highest BCUT2D eigenvalue weighted by atomic mass is 32.1. The van der Waals surface area contributed by atoms with E-state index in [0.29, 0.717) is 22.5 Å². The molecule has 0 spiro atoms. The number of rotatable bonds is 9. The molecule has 0 aliphatic heterocycles. The number of benzene rings is 1. The number of hydrogen-bond acceptors (Lipinski definition) is 7. The van der Waals surface area contributed by atoms with Gasteiger partial charge in [0.05, 0.1) is 12.1 Å². The number of nitrogens with zero attached hydrogens (tertiary/aromatic N) is 3. The molecule has 148 valence electrons. The van der Waals surface area contributed by atoms with E-state index in [2.05, 4.69) is 34.3 Å². The number of carbonyl (C=O) groups is 1. The summed E-state index contributed by atoms with van der Waals surface area (Å²) < 4.78 is 18.5. The standard InChI is InChI=1S/C19H21FN4O2S2/c1-3-12(4-2)18-23-24-19(28-18)22-16(25)9-14-11-27-17(21-14)10-26-15-7-5-13(20)6-8-15/h5-8,11-12H,3-4,9-10H2,1-2H3,(H,22,24,25). The third kappa shape index (κ3) is 5.56. The van der Waals surface area contributed by atoms with Crippen LogP contribution >= 0.6 is 22.7 Å². The normalized spacial score (nSPS) is 11.0. The first-order valence-corrected chi connectivity index (χ1v) is 10.7. The lowest BCUT2D eigenvalue weighted by Crippen LogP contribution is -2.14. The second-order valence-electron chi connectivity index (χ2n) is 6.16. The smallest absolute Gasteiger partial charge is 0.232 e. The van der Waals surface area contributed by atoms with Crippen LogP contribution in [0.5, 0.6) is 5.75 Å².